The Labute approximate surface area is 192 Å². The van der Waals surface area contributed by atoms with E-state index < -0.39 is 37.6 Å². The van der Waals surface area contributed by atoms with Crippen LogP contribution < -0.4 is 0 Å². The van der Waals surface area contributed by atoms with E-state index in [4.69, 9.17) is 10.1 Å². The van der Waals surface area contributed by atoms with Gasteiger partial charge in [-0.1, -0.05) is 55.8 Å². The number of benzene rings is 3. The minimum Gasteiger partial charge on any atom is -0.497 e. The van der Waals surface area contributed by atoms with Gasteiger partial charge in [0.05, 0.1) is 32.4 Å². The van der Waals surface area contributed by atoms with Gasteiger partial charge in [-0.3, -0.25) is 35.3 Å². The van der Waals surface area contributed by atoms with Gasteiger partial charge in [0.1, 0.15) is 0 Å². The molecule has 0 radical (unpaired) electrons. The summed E-state index contributed by atoms with van der Waals surface area (Å²) < 4.78 is 0. The van der Waals surface area contributed by atoms with E-state index in [1.807, 2.05) is 0 Å². The maximum Gasteiger partial charge on any atom is 0.324 e. The van der Waals surface area contributed by atoms with Gasteiger partial charge in [0.25, 0.3) is 11.4 Å². The Bertz CT molecular complexity index is 1370. The molecule has 0 saturated carbocycles. The van der Waals surface area contributed by atoms with Gasteiger partial charge in [0, 0.05) is 16.5 Å². The van der Waals surface area contributed by atoms with Crippen molar-refractivity contribution < 1.29 is 19.9 Å². The molecule has 0 atom stereocenters. The van der Waals surface area contributed by atoms with E-state index in [0.29, 0.717) is 12.1 Å². The van der Waals surface area contributed by atoms with Crippen LogP contribution in [0.5, 0.6) is 5.75 Å². The average Bonchev–Trinajstić information content (AvgIpc) is 2.82. The molecule has 0 bridgehead atoms. The number of para-hydroxylation sites is 1. The molecule has 4 aromatic rings. The monoisotopic (exact) mass is 464 g/mol. The van der Waals surface area contributed by atoms with Crippen molar-refractivity contribution in [3.05, 3.63) is 96.7 Å². The molecule has 0 fully saturated rings. The summed E-state index contributed by atoms with van der Waals surface area (Å²) in [6, 6.07) is 17.9. The number of phenols is 1. The van der Waals surface area contributed by atoms with Crippen molar-refractivity contribution >= 4 is 38.7 Å². The lowest BCUT2D eigenvalue weighted by atomic mass is 10.0. The number of non-ortho nitro benzene ring substituents is 1. The molecule has 34 heavy (non-hydrogen) atoms. The number of nitrogens with zero attached hydrogens (tertiary/aromatic N) is 4. The summed E-state index contributed by atoms with van der Waals surface area (Å²) in [6.45, 7) is 2.23. The van der Waals surface area contributed by atoms with Crippen LogP contribution in [0, 0.1) is 30.3 Å². The van der Waals surface area contributed by atoms with Crippen molar-refractivity contribution in [2.45, 2.75) is 26.2 Å². The normalized spacial score (nSPS) is 10.5. The quantitative estimate of drug-likeness (QED) is 0.211. The number of hydrogen-bond donors (Lipinski definition) is 1. The number of rotatable bonds is 6. The van der Waals surface area contributed by atoms with E-state index in [-0.39, 0.29) is 0 Å². The lowest BCUT2D eigenvalue weighted by Crippen LogP contribution is -1.97. The summed E-state index contributed by atoms with van der Waals surface area (Å²) in [5.74, 6) is -1.21. The molecule has 1 N–H and O–H groups in total. The summed E-state index contributed by atoms with van der Waals surface area (Å²) in [5, 5.41) is 44.1. The third kappa shape index (κ3) is 5.04. The van der Waals surface area contributed by atoms with Crippen molar-refractivity contribution in [2.24, 2.45) is 0 Å². The second-order valence-corrected chi connectivity index (χ2v) is 7.33. The van der Waals surface area contributed by atoms with Gasteiger partial charge in [-0.25, -0.2) is 0 Å². The van der Waals surface area contributed by atoms with Crippen molar-refractivity contribution in [3.8, 4) is 5.75 Å². The predicted octanol–water partition coefficient (Wildman–Crippen LogP) is 5.85. The molecule has 0 aliphatic carbocycles. The first-order valence-electron chi connectivity index (χ1n) is 10.3. The molecule has 0 aliphatic heterocycles. The molecule has 0 spiro atoms. The Morgan fingerprint density at radius 1 is 0.794 bits per heavy atom. The topological polar surface area (TPSA) is 163 Å². The second kappa shape index (κ2) is 10.3. The zero-order valence-corrected chi connectivity index (χ0v) is 18.1. The highest BCUT2D eigenvalue weighted by Crippen LogP contribution is 2.39. The van der Waals surface area contributed by atoms with Gasteiger partial charge in [-0.15, -0.1) is 0 Å². The molecule has 174 valence electrons. The molecule has 4 rings (SSSR count). The standard InChI is InChI=1S/C17H17N.C6H3N3O7/c1-2-3-11-16-14-9-5-4-8-13(14)15-10-6-7-12-17(15)18-16;10-6-4(8(13)14)1-3(7(11)12)2-5(6)9(15)16/h4-10,12H,2-3,11H2,1H3;1-2,10H. The average molecular weight is 464 g/mol. The van der Waals surface area contributed by atoms with E-state index in [9.17, 15) is 30.3 Å². The summed E-state index contributed by atoms with van der Waals surface area (Å²) >= 11 is 0. The fourth-order valence-electron chi connectivity index (χ4n) is 3.48. The van der Waals surface area contributed by atoms with Gasteiger partial charge in [-0.2, -0.15) is 0 Å². The Morgan fingerprint density at radius 2 is 1.32 bits per heavy atom. The Balaban J connectivity index is 0.000000192. The molecule has 0 aliphatic rings. The first kappa shape index (κ1) is 24.0. The third-order valence-corrected chi connectivity index (χ3v) is 5.11. The molecule has 1 heterocycles. The number of pyridine rings is 1. The van der Waals surface area contributed by atoms with Crippen LogP contribution >= 0.6 is 0 Å². The highest BCUT2D eigenvalue weighted by molar-refractivity contribution is 6.06. The van der Waals surface area contributed by atoms with Gasteiger partial charge in [0.15, 0.2) is 0 Å². The Kier molecular flexibility index (Phi) is 7.26. The number of unbranched alkanes of at least 4 members (excludes halogenated alkanes) is 1. The number of nitro benzene ring substituents is 3. The summed E-state index contributed by atoms with van der Waals surface area (Å²) in [7, 11) is 0. The van der Waals surface area contributed by atoms with Crippen LogP contribution in [0.2, 0.25) is 0 Å². The SMILES string of the molecule is CCCCc1nc2ccccc2c2ccccc12.O=[N+]([O-])c1cc([N+](=O)[O-])c(O)c([N+](=O)[O-])c1. The highest BCUT2D eigenvalue weighted by atomic mass is 16.6. The first-order chi connectivity index (χ1) is 16.2. The first-order valence-corrected chi connectivity index (χ1v) is 10.3. The lowest BCUT2D eigenvalue weighted by molar-refractivity contribution is -0.404. The maximum absolute atomic E-state index is 10.4. The maximum atomic E-state index is 10.4. The molecule has 11 nitrogen and oxygen atoms in total. The molecule has 0 saturated heterocycles. The molecule has 0 unspecified atom stereocenters. The fraction of sp³-hybridized carbons (Fsp3) is 0.174. The minimum absolute atomic E-state index is 0.447. The lowest BCUT2D eigenvalue weighted by Gasteiger charge is -2.09. The van der Waals surface area contributed by atoms with Crippen LogP contribution in [0.3, 0.4) is 0 Å². The van der Waals surface area contributed by atoms with Gasteiger partial charge in [0.2, 0.25) is 0 Å². The van der Waals surface area contributed by atoms with Crippen LogP contribution in [0.4, 0.5) is 17.1 Å². The van der Waals surface area contributed by atoms with Crippen molar-refractivity contribution in [1.29, 1.82) is 0 Å². The molecule has 1 aromatic heterocycles. The number of aromatic hydroxyl groups is 1. The zero-order chi connectivity index (χ0) is 24.8. The molecule has 0 amide bonds. The number of hydrogen-bond acceptors (Lipinski definition) is 8. The Hall–Kier alpha value is -4.67. The van der Waals surface area contributed by atoms with Crippen molar-refractivity contribution in [2.75, 3.05) is 0 Å². The van der Waals surface area contributed by atoms with Gasteiger partial charge >= 0.3 is 11.4 Å². The highest BCUT2D eigenvalue weighted by Gasteiger charge is 2.30. The fourth-order valence-corrected chi connectivity index (χ4v) is 3.48. The molecular weight excluding hydrogens is 444 g/mol. The summed E-state index contributed by atoms with van der Waals surface area (Å²) in [5.41, 5.74) is -0.647. The number of phenolic OH excluding ortho intramolecular Hbond substituents is 1. The smallest absolute Gasteiger partial charge is 0.324 e. The molecular formula is C23H20N4O7. The number of fused-ring (bicyclic) bond motifs is 3. The van der Waals surface area contributed by atoms with Gasteiger partial charge < -0.3 is 5.11 Å². The van der Waals surface area contributed by atoms with Crippen LogP contribution in [-0.2, 0) is 6.42 Å². The number of aromatic nitrogens is 1. The Morgan fingerprint density at radius 3 is 1.85 bits per heavy atom. The van der Waals surface area contributed by atoms with Crippen LogP contribution in [0.15, 0.2) is 60.7 Å². The van der Waals surface area contributed by atoms with Crippen LogP contribution in [-0.4, -0.2) is 24.9 Å². The molecule has 11 heteroatoms. The summed E-state index contributed by atoms with van der Waals surface area (Å²) in [6.07, 6.45) is 3.49. The van der Waals surface area contributed by atoms with E-state index in [1.54, 1.807) is 0 Å². The second-order valence-electron chi connectivity index (χ2n) is 7.33. The largest absolute Gasteiger partial charge is 0.497 e. The van der Waals surface area contributed by atoms with E-state index >= 15 is 0 Å². The van der Waals surface area contributed by atoms with Crippen molar-refractivity contribution in [3.63, 3.8) is 0 Å². The van der Waals surface area contributed by atoms with E-state index in [0.717, 1.165) is 11.9 Å². The minimum atomic E-state index is -1.21. The van der Waals surface area contributed by atoms with Crippen LogP contribution in [0.25, 0.3) is 21.7 Å². The number of nitro groups is 3. The molecule has 3 aromatic carbocycles. The third-order valence-electron chi connectivity index (χ3n) is 5.11. The zero-order valence-electron chi connectivity index (χ0n) is 18.1. The van der Waals surface area contributed by atoms with Crippen molar-refractivity contribution in [1.82, 2.24) is 4.98 Å². The number of aryl methyl sites for hydroxylation is 1. The predicted molar refractivity (Wildman–Crippen MR) is 126 cm³/mol. The van der Waals surface area contributed by atoms with Crippen LogP contribution in [0.1, 0.15) is 25.5 Å². The summed E-state index contributed by atoms with van der Waals surface area (Å²) in [4.78, 5) is 32.6. The van der Waals surface area contributed by atoms with Gasteiger partial charge in [-0.05, 0) is 24.3 Å². The van der Waals surface area contributed by atoms with E-state index in [1.165, 1.54) is 34.7 Å². The van der Waals surface area contributed by atoms with E-state index in [2.05, 4.69) is 55.5 Å².